The van der Waals surface area contributed by atoms with E-state index in [9.17, 15) is 4.79 Å². The second-order valence-corrected chi connectivity index (χ2v) is 3.12. The third-order valence-electron chi connectivity index (χ3n) is 1.85. The quantitative estimate of drug-likeness (QED) is 0.515. The molecule has 1 heterocycles. The molecule has 0 aliphatic carbocycles. The number of aromatic amines is 1. The minimum Gasteiger partial charge on any atom is -0.489 e. The molecule has 0 spiro atoms. The van der Waals surface area contributed by atoms with Gasteiger partial charge in [0, 0.05) is 39.0 Å². The Balaban J connectivity index is 0.00000112. The Bertz CT molecular complexity index is 471. The average Bonchev–Trinajstić information content (AvgIpc) is 2.61. The molecule has 0 aliphatic heterocycles. The van der Waals surface area contributed by atoms with Crippen LogP contribution in [0.1, 0.15) is 5.69 Å². The number of hydrogen-bond acceptors (Lipinski definition) is 1. The predicted molar refractivity (Wildman–Crippen MR) is 55.7 cm³/mol. The average molecular weight is 293 g/mol. The van der Waals surface area contributed by atoms with Gasteiger partial charge in [-0.2, -0.15) is 22.3 Å². The van der Waals surface area contributed by atoms with Gasteiger partial charge in [-0.15, -0.1) is 17.5 Å². The Morgan fingerprint density at radius 2 is 2.20 bits per heavy atom. The third-order valence-corrected chi connectivity index (χ3v) is 2.15. The van der Waals surface area contributed by atoms with Crippen LogP contribution in [-0.4, -0.2) is 11.3 Å². The number of para-hydroxylation sites is 1. The van der Waals surface area contributed by atoms with Crippen LogP contribution < -0.4 is 0 Å². The van der Waals surface area contributed by atoms with E-state index in [1.54, 1.807) is 0 Å². The SMILES string of the molecule is O=C[C-]=C(Cl)c1[c-]c2ccccc2[nH]1.[Y]. The van der Waals surface area contributed by atoms with Crippen molar-refractivity contribution in [2.45, 2.75) is 0 Å². The summed E-state index contributed by atoms with van der Waals surface area (Å²) in [5.74, 6) is 0. The molecule has 15 heavy (non-hydrogen) atoms. The van der Waals surface area contributed by atoms with Gasteiger partial charge >= 0.3 is 0 Å². The van der Waals surface area contributed by atoms with Crippen LogP contribution >= 0.6 is 11.6 Å². The van der Waals surface area contributed by atoms with Gasteiger partial charge in [0.25, 0.3) is 0 Å². The monoisotopic (exact) mass is 292 g/mol. The maximum absolute atomic E-state index is 10.2. The van der Waals surface area contributed by atoms with Gasteiger partial charge in [-0.3, -0.25) is 0 Å². The van der Waals surface area contributed by atoms with Gasteiger partial charge in [0.15, 0.2) is 0 Å². The van der Waals surface area contributed by atoms with E-state index in [1.807, 2.05) is 24.3 Å². The van der Waals surface area contributed by atoms with Crippen LogP contribution in [0.25, 0.3) is 15.9 Å². The molecule has 0 saturated heterocycles. The molecule has 1 radical (unpaired) electrons. The first-order valence-electron chi connectivity index (χ1n) is 4.04. The molecule has 0 unspecified atom stereocenters. The van der Waals surface area contributed by atoms with Crippen molar-refractivity contribution in [1.82, 2.24) is 4.98 Å². The van der Waals surface area contributed by atoms with Crippen LogP contribution in [0, 0.1) is 12.1 Å². The maximum atomic E-state index is 10.2. The molecular weight excluding hydrogens is 286 g/mol. The first-order chi connectivity index (χ1) is 6.81. The van der Waals surface area contributed by atoms with Crippen molar-refractivity contribution in [3.05, 3.63) is 42.1 Å². The number of hydrogen-bond donors (Lipinski definition) is 1. The molecule has 2 rings (SSSR count). The number of aromatic nitrogens is 1. The molecule has 1 aromatic carbocycles. The fourth-order valence-corrected chi connectivity index (χ4v) is 1.37. The van der Waals surface area contributed by atoms with Crippen molar-refractivity contribution in [3.63, 3.8) is 0 Å². The van der Waals surface area contributed by atoms with E-state index in [2.05, 4.69) is 17.1 Å². The summed E-state index contributed by atoms with van der Waals surface area (Å²) in [6.45, 7) is 0. The second-order valence-electron chi connectivity index (χ2n) is 2.75. The molecule has 2 aromatic rings. The van der Waals surface area contributed by atoms with E-state index in [4.69, 9.17) is 11.6 Å². The summed E-state index contributed by atoms with van der Waals surface area (Å²) in [7, 11) is 0. The summed E-state index contributed by atoms with van der Waals surface area (Å²) in [6, 6.07) is 10.7. The number of fused-ring (bicyclic) bond motifs is 1. The van der Waals surface area contributed by atoms with Crippen molar-refractivity contribution in [1.29, 1.82) is 0 Å². The number of halogens is 1. The molecule has 0 atom stereocenters. The normalized spacial score (nSPS) is 11.1. The van der Waals surface area contributed by atoms with Crippen molar-refractivity contribution >= 4 is 33.8 Å². The van der Waals surface area contributed by atoms with Gasteiger partial charge in [0.1, 0.15) is 0 Å². The molecule has 0 bridgehead atoms. The number of allylic oxidation sites excluding steroid dienone is 1. The van der Waals surface area contributed by atoms with Gasteiger partial charge in [0.05, 0.1) is 0 Å². The van der Waals surface area contributed by atoms with Crippen molar-refractivity contribution in [2.24, 2.45) is 0 Å². The van der Waals surface area contributed by atoms with Crippen LogP contribution in [0.2, 0.25) is 0 Å². The van der Waals surface area contributed by atoms with E-state index in [0.717, 1.165) is 10.9 Å². The molecule has 0 fully saturated rings. The minimum absolute atomic E-state index is 0. The minimum atomic E-state index is 0. The zero-order valence-corrected chi connectivity index (χ0v) is 11.3. The summed E-state index contributed by atoms with van der Waals surface area (Å²) in [5, 5.41) is 1.18. The molecular formula is C11H6ClNOY-2. The zero-order chi connectivity index (χ0) is 9.97. The number of aldehydes is 1. The molecule has 1 aromatic heterocycles. The van der Waals surface area contributed by atoms with Crippen LogP contribution in [0.4, 0.5) is 0 Å². The summed E-state index contributed by atoms with van der Waals surface area (Å²) in [5.41, 5.74) is 1.52. The molecule has 73 valence electrons. The van der Waals surface area contributed by atoms with E-state index in [0.29, 0.717) is 12.0 Å². The number of benzene rings is 1. The molecule has 2 nitrogen and oxygen atoms in total. The molecule has 0 saturated carbocycles. The second kappa shape index (κ2) is 5.59. The number of carbonyl (C=O) groups is 1. The van der Waals surface area contributed by atoms with E-state index in [1.165, 1.54) is 0 Å². The maximum Gasteiger partial charge on any atom is 0.0452 e. The largest absolute Gasteiger partial charge is 0.489 e. The Kier molecular flexibility index (Phi) is 4.71. The van der Waals surface area contributed by atoms with Crippen molar-refractivity contribution < 1.29 is 37.5 Å². The Morgan fingerprint density at radius 1 is 1.47 bits per heavy atom. The van der Waals surface area contributed by atoms with Crippen LogP contribution in [-0.2, 0) is 37.5 Å². The molecule has 1 N–H and O–H groups in total. The Morgan fingerprint density at radius 3 is 2.87 bits per heavy atom. The molecule has 0 aliphatic rings. The summed E-state index contributed by atoms with van der Waals surface area (Å²) in [4.78, 5) is 13.2. The van der Waals surface area contributed by atoms with Gasteiger partial charge in [-0.25, -0.2) is 12.1 Å². The summed E-state index contributed by atoms with van der Waals surface area (Å²) in [6.07, 6.45) is 2.89. The third kappa shape index (κ3) is 2.78. The van der Waals surface area contributed by atoms with Gasteiger partial charge in [-0.1, -0.05) is 17.6 Å². The van der Waals surface area contributed by atoms with Gasteiger partial charge in [0.2, 0.25) is 0 Å². The number of carbonyl (C=O) groups excluding carboxylic acids is 1. The number of rotatable bonds is 2. The Hall–Kier alpha value is -0.436. The number of H-pyrrole nitrogens is 1. The predicted octanol–water partition coefficient (Wildman–Crippen LogP) is 2.55. The fraction of sp³-hybridized carbons (Fsp3) is 0. The molecule has 0 amide bonds. The van der Waals surface area contributed by atoms with E-state index in [-0.39, 0.29) is 37.7 Å². The molecule has 4 heteroatoms. The van der Waals surface area contributed by atoms with Crippen molar-refractivity contribution in [3.8, 4) is 0 Å². The topological polar surface area (TPSA) is 32.9 Å². The smallest absolute Gasteiger partial charge is 0.0452 e. The van der Waals surface area contributed by atoms with Crippen LogP contribution in [0.3, 0.4) is 0 Å². The zero-order valence-electron chi connectivity index (χ0n) is 7.75. The number of nitrogens with one attached hydrogen (secondary N) is 1. The standard InChI is InChI=1S/C11H6ClNO.Y/c12-9(5-6-14)11-7-8-3-1-2-4-10(8)13-11;/h1-4,6,13H;/q-2;. The van der Waals surface area contributed by atoms with Gasteiger partial charge in [-0.05, 0) is 0 Å². The van der Waals surface area contributed by atoms with E-state index < -0.39 is 0 Å². The summed E-state index contributed by atoms with van der Waals surface area (Å²) >= 11 is 5.79. The first kappa shape index (κ1) is 12.6. The fourth-order valence-electron chi connectivity index (χ4n) is 1.24. The summed E-state index contributed by atoms with van der Waals surface area (Å²) < 4.78 is 0. The van der Waals surface area contributed by atoms with Crippen LogP contribution in [0.5, 0.6) is 0 Å². The van der Waals surface area contributed by atoms with Crippen LogP contribution in [0.15, 0.2) is 24.3 Å². The Labute approximate surface area is 118 Å². The van der Waals surface area contributed by atoms with E-state index >= 15 is 0 Å². The van der Waals surface area contributed by atoms with Crippen molar-refractivity contribution in [2.75, 3.05) is 0 Å². The first-order valence-corrected chi connectivity index (χ1v) is 4.42. The van der Waals surface area contributed by atoms with Gasteiger partial charge < -0.3 is 9.78 Å².